The monoisotopic (exact) mass is 343 g/mol. The van der Waals surface area contributed by atoms with Crippen molar-refractivity contribution in [2.75, 3.05) is 12.4 Å². The number of nitrogens with one attached hydrogen (secondary N) is 2. The molecule has 6 heteroatoms. The number of anilines is 1. The van der Waals surface area contributed by atoms with Crippen LogP contribution in [0.15, 0.2) is 18.3 Å². The van der Waals surface area contributed by atoms with Crippen molar-refractivity contribution >= 4 is 28.3 Å². The van der Waals surface area contributed by atoms with Crippen LogP contribution in [0.25, 0.3) is 10.9 Å². The van der Waals surface area contributed by atoms with Gasteiger partial charge in [0.2, 0.25) is 0 Å². The van der Waals surface area contributed by atoms with E-state index >= 15 is 0 Å². The van der Waals surface area contributed by atoms with Crippen LogP contribution in [0.4, 0.5) is 10.1 Å². The molecule has 0 spiro atoms. The fourth-order valence-electron chi connectivity index (χ4n) is 2.91. The standard InChI is InChI=1S/C19H22FN3O2/c1-3-4-13(24)7-11-8-14-17(9-16(11)20)22-10-15(18(14)21-2)19(25)23-12-5-6-12/h8-10,12H,3-7H2,1-2H3,(H,21,22)(H,23,25). The van der Waals surface area contributed by atoms with Crippen LogP contribution in [0.5, 0.6) is 0 Å². The van der Waals surface area contributed by atoms with E-state index in [4.69, 9.17) is 0 Å². The Bertz CT molecular complexity index is 831. The zero-order valence-electron chi connectivity index (χ0n) is 14.5. The Balaban J connectivity index is 2.02. The molecule has 0 aliphatic heterocycles. The molecule has 5 nitrogen and oxygen atoms in total. The first-order valence-electron chi connectivity index (χ1n) is 8.65. The summed E-state index contributed by atoms with van der Waals surface area (Å²) in [6.07, 6.45) is 4.68. The van der Waals surface area contributed by atoms with Gasteiger partial charge in [0.1, 0.15) is 11.6 Å². The predicted octanol–water partition coefficient (Wildman–Crippen LogP) is 3.22. The van der Waals surface area contributed by atoms with Crippen LogP contribution in [0.3, 0.4) is 0 Å². The first-order valence-corrected chi connectivity index (χ1v) is 8.65. The molecule has 1 aromatic heterocycles. The molecule has 1 aliphatic carbocycles. The highest BCUT2D eigenvalue weighted by molar-refractivity contribution is 6.07. The van der Waals surface area contributed by atoms with Crippen molar-refractivity contribution in [3.8, 4) is 0 Å². The van der Waals surface area contributed by atoms with Gasteiger partial charge in [0, 0.05) is 43.6 Å². The lowest BCUT2D eigenvalue weighted by Gasteiger charge is -2.13. The number of nitrogens with zero attached hydrogens (tertiary/aromatic N) is 1. The molecule has 25 heavy (non-hydrogen) atoms. The number of pyridine rings is 1. The number of rotatable bonds is 7. The molecule has 3 rings (SSSR count). The van der Waals surface area contributed by atoms with Gasteiger partial charge in [-0.05, 0) is 30.9 Å². The molecule has 1 amide bonds. The van der Waals surface area contributed by atoms with Crippen LogP contribution < -0.4 is 10.6 Å². The quantitative estimate of drug-likeness (QED) is 0.810. The lowest BCUT2D eigenvalue weighted by molar-refractivity contribution is -0.118. The van der Waals surface area contributed by atoms with E-state index in [1.165, 1.54) is 12.3 Å². The Morgan fingerprint density at radius 1 is 1.32 bits per heavy atom. The highest BCUT2D eigenvalue weighted by atomic mass is 19.1. The van der Waals surface area contributed by atoms with Gasteiger partial charge >= 0.3 is 0 Å². The van der Waals surface area contributed by atoms with Crippen molar-refractivity contribution in [2.24, 2.45) is 0 Å². The molecule has 1 saturated carbocycles. The SMILES string of the molecule is CCCC(=O)Cc1cc2c(NC)c(C(=O)NC3CC3)cnc2cc1F. The molecular formula is C19H22FN3O2. The van der Waals surface area contributed by atoms with Gasteiger partial charge in [-0.15, -0.1) is 0 Å². The Hall–Kier alpha value is -2.50. The van der Waals surface area contributed by atoms with Crippen LogP contribution in [-0.2, 0) is 11.2 Å². The molecule has 0 bridgehead atoms. The molecule has 2 aromatic rings. The maximum absolute atomic E-state index is 14.3. The molecule has 1 heterocycles. The van der Waals surface area contributed by atoms with E-state index in [1.54, 1.807) is 13.1 Å². The Labute approximate surface area is 146 Å². The molecular weight excluding hydrogens is 321 g/mol. The average Bonchev–Trinajstić information content (AvgIpc) is 3.38. The third kappa shape index (κ3) is 3.78. The molecule has 132 valence electrons. The van der Waals surface area contributed by atoms with Crippen molar-refractivity contribution in [3.05, 3.63) is 35.3 Å². The lowest BCUT2D eigenvalue weighted by atomic mass is 10.0. The number of carbonyl (C=O) groups is 2. The second-order valence-electron chi connectivity index (χ2n) is 6.47. The van der Waals surface area contributed by atoms with Crippen molar-refractivity contribution < 1.29 is 14.0 Å². The van der Waals surface area contributed by atoms with Gasteiger partial charge in [0.25, 0.3) is 5.91 Å². The number of fused-ring (bicyclic) bond motifs is 1. The minimum Gasteiger partial charge on any atom is -0.387 e. The smallest absolute Gasteiger partial charge is 0.255 e. The highest BCUT2D eigenvalue weighted by Gasteiger charge is 2.25. The molecule has 0 saturated heterocycles. The zero-order valence-corrected chi connectivity index (χ0v) is 14.5. The molecule has 0 radical (unpaired) electrons. The molecule has 2 N–H and O–H groups in total. The number of Topliss-reactive ketones (excluding diaryl/α,β-unsaturated/α-hetero) is 1. The van der Waals surface area contributed by atoms with Gasteiger partial charge in [0.15, 0.2) is 0 Å². The van der Waals surface area contributed by atoms with Crippen molar-refractivity contribution in [1.29, 1.82) is 0 Å². The number of hydrogen-bond acceptors (Lipinski definition) is 4. The fourth-order valence-corrected chi connectivity index (χ4v) is 2.91. The minimum absolute atomic E-state index is 0.00217. The lowest BCUT2D eigenvalue weighted by Crippen LogP contribution is -2.26. The van der Waals surface area contributed by atoms with Crippen LogP contribution in [0.2, 0.25) is 0 Å². The van der Waals surface area contributed by atoms with Crippen LogP contribution in [-0.4, -0.2) is 29.8 Å². The number of benzene rings is 1. The third-order valence-electron chi connectivity index (χ3n) is 4.36. The summed E-state index contributed by atoms with van der Waals surface area (Å²) in [5.74, 6) is -0.627. The molecule has 0 atom stereocenters. The van der Waals surface area contributed by atoms with Gasteiger partial charge < -0.3 is 10.6 Å². The zero-order chi connectivity index (χ0) is 18.0. The first kappa shape index (κ1) is 17.3. The number of hydrogen-bond donors (Lipinski definition) is 2. The van der Waals surface area contributed by atoms with E-state index in [-0.39, 0.29) is 24.2 Å². The number of aromatic nitrogens is 1. The number of halogens is 1. The van der Waals surface area contributed by atoms with Gasteiger partial charge in [-0.25, -0.2) is 4.39 Å². The summed E-state index contributed by atoms with van der Waals surface area (Å²) in [5, 5.41) is 6.61. The largest absolute Gasteiger partial charge is 0.387 e. The second-order valence-corrected chi connectivity index (χ2v) is 6.47. The van der Waals surface area contributed by atoms with E-state index in [9.17, 15) is 14.0 Å². The Kier molecular flexibility index (Phi) is 4.97. The molecule has 1 aliphatic rings. The van der Waals surface area contributed by atoms with Crippen molar-refractivity contribution in [1.82, 2.24) is 10.3 Å². The number of ketones is 1. The summed E-state index contributed by atoms with van der Waals surface area (Å²) in [7, 11) is 1.72. The van der Waals surface area contributed by atoms with E-state index in [1.807, 2.05) is 6.92 Å². The minimum atomic E-state index is -0.443. The summed E-state index contributed by atoms with van der Waals surface area (Å²) >= 11 is 0. The Morgan fingerprint density at radius 2 is 2.08 bits per heavy atom. The summed E-state index contributed by atoms with van der Waals surface area (Å²) in [5.41, 5.74) is 1.83. The maximum Gasteiger partial charge on any atom is 0.255 e. The second kappa shape index (κ2) is 7.17. The first-order chi connectivity index (χ1) is 12.0. The third-order valence-corrected chi connectivity index (χ3v) is 4.36. The van der Waals surface area contributed by atoms with E-state index < -0.39 is 5.82 Å². The van der Waals surface area contributed by atoms with Gasteiger partial charge in [-0.1, -0.05) is 6.92 Å². The van der Waals surface area contributed by atoms with Crippen molar-refractivity contribution in [3.63, 3.8) is 0 Å². The summed E-state index contributed by atoms with van der Waals surface area (Å²) in [4.78, 5) is 28.5. The molecule has 1 aromatic carbocycles. The number of amides is 1. The van der Waals surface area contributed by atoms with Gasteiger partial charge in [-0.2, -0.15) is 0 Å². The van der Waals surface area contributed by atoms with Gasteiger partial charge in [-0.3, -0.25) is 14.6 Å². The maximum atomic E-state index is 14.3. The van der Waals surface area contributed by atoms with Crippen LogP contribution >= 0.6 is 0 Å². The van der Waals surface area contributed by atoms with E-state index in [0.717, 1.165) is 19.3 Å². The summed E-state index contributed by atoms with van der Waals surface area (Å²) in [6.45, 7) is 1.92. The highest BCUT2D eigenvalue weighted by Crippen LogP contribution is 2.29. The van der Waals surface area contributed by atoms with E-state index in [0.29, 0.717) is 34.1 Å². The summed E-state index contributed by atoms with van der Waals surface area (Å²) in [6, 6.07) is 3.20. The molecule has 1 fully saturated rings. The molecule has 0 unspecified atom stereocenters. The average molecular weight is 343 g/mol. The van der Waals surface area contributed by atoms with Crippen molar-refractivity contribution in [2.45, 2.75) is 45.1 Å². The predicted molar refractivity (Wildman–Crippen MR) is 95.4 cm³/mol. The fraction of sp³-hybridized carbons (Fsp3) is 0.421. The Morgan fingerprint density at radius 3 is 2.72 bits per heavy atom. The number of carbonyl (C=O) groups excluding carboxylic acids is 2. The summed E-state index contributed by atoms with van der Waals surface area (Å²) < 4.78 is 14.3. The van der Waals surface area contributed by atoms with E-state index in [2.05, 4.69) is 15.6 Å². The normalized spacial score (nSPS) is 13.7. The topological polar surface area (TPSA) is 71.1 Å². The van der Waals surface area contributed by atoms with Crippen LogP contribution in [0.1, 0.15) is 48.5 Å². The van der Waals surface area contributed by atoms with Crippen LogP contribution in [0, 0.1) is 5.82 Å². The van der Waals surface area contributed by atoms with Gasteiger partial charge in [0.05, 0.1) is 16.8 Å².